The fourth-order valence-corrected chi connectivity index (χ4v) is 3.93. The zero-order valence-electron chi connectivity index (χ0n) is 8.87. The Kier molecular flexibility index (Phi) is 4.14. The lowest BCUT2D eigenvalue weighted by molar-refractivity contribution is 0.380. The van der Waals surface area contributed by atoms with E-state index in [1.54, 1.807) is 0 Å². The van der Waals surface area contributed by atoms with Crippen LogP contribution in [0.15, 0.2) is 0 Å². The van der Waals surface area contributed by atoms with Gasteiger partial charge in [-0.05, 0) is 55.7 Å². The smallest absolute Gasteiger partial charge is 0.0107 e. The maximum Gasteiger partial charge on any atom is 0.0107 e. The summed E-state index contributed by atoms with van der Waals surface area (Å²) in [6.45, 7) is 2.10. The number of hydrogen-bond acceptors (Lipinski definition) is 3. The Morgan fingerprint density at radius 2 is 2.21 bits per heavy atom. The van der Waals surface area contributed by atoms with Crippen LogP contribution in [0.25, 0.3) is 0 Å². The zero-order valence-corrected chi connectivity index (χ0v) is 9.69. The minimum absolute atomic E-state index is 0.727. The average molecular weight is 214 g/mol. The van der Waals surface area contributed by atoms with Crippen molar-refractivity contribution in [2.24, 2.45) is 17.6 Å². The van der Waals surface area contributed by atoms with E-state index >= 15 is 0 Å². The average Bonchev–Trinajstić information content (AvgIpc) is 2.85. The van der Waals surface area contributed by atoms with E-state index in [1.165, 1.54) is 43.7 Å². The lowest BCUT2D eigenvalue weighted by Gasteiger charge is -2.21. The van der Waals surface area contributed by atoms with Crippen molar-refractivity contribution in [2.75, 3.05) is 24.6 Å². The molecule has 3 atom stereocenters. The van der Waals surface area contributed by atoms with Gasteiger partial charge in [0.25, 0.3) is 0 Å². The first-order chi connectivity index (χ1) is 6.90. The van der Waals surface area contributed by atoms with Gasteiger partial charge in [0.15, 0.2) is 0 Å². The number of nitrogens with two attached hydrogens (primary N) is 1. The maximum atomic E-state index is 5.76. The Morgan fingerprint density at radius 1 is 1.29 bits per heavy atom. The van der Waals surface area contributed by atoms with Crippen LogP contribution in [-0.4, -0.2) is 30.6 Å². The van der Waals surface area contributed by atoms with Crippen molar-refractivity contribution in [3.05, 3.63) is 0 Å². The summed E-state index contributed by atoms with van der Waals surface area (Å²) in [7, 11) is 0. The minimum atomic E-state index is 0.727. The van der Waals surface area contributed by atoms with Gasteiger partial charge in [-0.15, -0.1) is 0 Å². The van der Waals surface area contributed by atoms with Crippen molar-refractivity contribution < 1.29 is 0 Å². The molecule has 14 heavy (non-hydrogen) atoms. The van der Waals surface area contributed by atoms with Gasteiger partial charge >= 0.3 is 0 Å². The van der Waals surface area contributed by atoms with E-state index in [-0.39, 0.29) is 0 Å². The Bertz CT molecular complexity index is 169. The SMILES string of the molecule is NCC1CCCC1NCC1CCSC1. The molecule has 1 saturated heterocycles. The highest BCUT2D eigenvalue weighted by Crippen LogP contribution is 2.26. The molecule has 2 aliphatic rings. The molecule has 1 heterocycles. The van der Waals surface area contributed by atoms with Gasteiger partial charge in [-0.1, -0.05) is 6.42 Å². The molecule has 0 aromatic rings. The quantitative estimate of drug-likeness (QED) is 0.744. The van der Waals surface area contributed by atoms with E-state index in [9.17, 15) is 0 Å². The van der Waals surface area contributed by atoms with Gasteiger partial charge in [0, 0.05) is 6.04 Å². The second kappa shape index (κ2) is 5.38. The lowest BCUT2D eigenvalue weighted by atomic mass is 10.0. The van der Waals surface area contributed by atoms with Crippen molar-refractivity contribution in [1.82, 2.24) is 5.32 Å². The highest BCUT2D eigenvalue weighted by atomic mass is 32.2. The normalized spacial score (nSPS) is 37.9. The lowest BCUT2D eigenvalue weighted by Crippen LogP contribution is -2.38. The van der Waals surface area contributed by atoms with Gasteiger partial charge in [0.05, 0.1) is 0 Å². The molecule has 0 amide bonds. The van der Waals surface area contributed by atoms with E-state index in [1.807, 2.05) is 0 Å². The van der Waals surface area contributed by atoms with Crippen molar-refractivity contribution in [1.29, 1.82) is 0 Å². The molecule has 2 fully saturated rings. The maximum absolute atomic E-state index is 5.76. The van der Waals surface area contributed by atoms with Crippen LogP contribution in [0.5, 0.6) is 0 Å². The van der Waals surface area contributed by atoms with E-state index in [4.69, 9.17) is 5.73 Å². The molecule has 3 heteroatoms. The number of hydrogen-bond donors (Lipinski definition) is 2. The van der Waals surface area contributed by atoms with Crippen LogP contribution in [0.1, 0.15) is 25.7 Å². The van der Waals surface area contributed by atoms with Crippen LogP contribution in [0.2, 0.25) is 0 Å². The van der Waals surface area contributed by atoms with Gasteiger partial charge in [-0.3, -0.25) is 0 Å². The molecule has 0 radical (unpaired) electrons. The van der Waals surface area contributed by atoms with E-state index < -0.39 is 0 Å². The third-order valence-electron chi connectivity index (χ3n) is 3.65. The Labute approximate surface area is 91.4 Å². The molecule has 3 N–H and O–H groups in total. The number of thioether (sulfide) groups is 1. The topological polar surface area (TPSA) is 38.0 Å². The van der Waals surface area contributed by atoms with Crippen LogP contribution < -0.4 is 11.1 Å². The minimum Gasteiger partial charge on any atom is -0.330 e. The van der Waals surface area contributed by atoms with Crippen LogP contribution in [0.3, 0.4) is 0 Å². The summed E-state index contributed by atoms with van der Waals surface area (Å²) in [5.41, 5.74) is 5.76. The van der Waals surface area contributed by atoms with Gasteiger partial charge in [-0.25, -0.2) is 0 Å². The standard InChI is InChI=1S/C11H22N2S/c12-6-10-2-1-3-11(10)13-7-9-4-5-14-8-9/h9-11,13H,1-8,12H2. The molecular formula is C11H22N2S. The van der Waals surface area contributed by atoms with Crippen molar-refractivity contribution >= 4 is 11.8 Å². The van der Waals surface area contributed by atoms with E-state index in [2.05, 4.69) is 17.1 Å². The first kappa shape index (κ1) is 10.8. The molecule has 0 spiro atoms. The van der Waals surface area contributed by atoms with E-state index in [0.717, 1.165) is 24.4 Å². The summed E-state index contributed by atoms with van der Waals surface area (Å²) >= 11 is 2.11. The largest absolute Gasteiger partial charge is 0.330 e. The predicted molar refractivity (Wildman–Crippen MR) is 63.6 cm³/mol. The first-order valence-electron chi connectivity index (χ1n) is 5.91. The van der Waals surface area contributed by atoms with Gasteiger partial charge in [-0.2, -0.15) is 11.8 Å². The molecule has 0 aromatic carbocycles. The summed E-state index contributed by atoms with van der Waals surface area (Å²) in [4.78, 5) is 0. The van der Waals surface area contributed by atoms with Gasteiger partial charge in [0.2, 0.25) is 0 Å². The van der Waals surface area contributed by atoms with Crippen molar-refractivity contribution in [3.8, 4) is 0 Å². The van der Waals surface area contributed by atoms with Crippen molar-refractivity contribution in [2.45, 2.75) is 31.7 Å². The Balaban J connectivity index is 1.68. The third kappa shape index (κ3) is 2.65. The molecule has 0 aromatic heterocycles. The fraction of sp³-hybridized carbons (Fsp3) is 1.00. The van der Waals surface area contributed by atoms with Crippen LogP contribution in [-0.2, 0) is 0 Å². The van der Waals surface area contributed by atoms with E-state index in [0.29, 0.717) is 0 Å². The zero-order chi connectivity index (χ0) is 9.80. The summed E-state index contributed by atoms with van der Waals surface area (Å²) in [6.07, 6.45) is 5.48. The fourth-order valence-electron chi connectivity index (χ4n) is 2.65. The molecule has 2 rings (SSSR count). The van der Waals surface area contributed by atoms with Crippen molar-refractivity contribution in [3.63, 3.8) is 0 Å². The number of rotatable bonds is 4. The number of nitrogens with one attached hydrogen (secondary N) is 1. The van der Waals surface area contributed by atoms with Crippen LogP contribution in [0, 0.1) is 11.8 Å². The van der Waals surface area contributed by atoms with Crippen LogP contribution in [0.4, 0.5) is 0 Å². The molecule has 0 bridgehead atoms. The van der Waals surface area contributed by atoms with Gasteiger partial charge < -0.3 is 11.1 Å². The second-order valence-electron chi connectivity index (χ2n) is 4.67. The van der Waals surface area contributed by atoms with Gasteiger partial charge in [0.1, 0.15) is 0 Å². The molecule has 1 saturated carbocycles. The second-order valence-corrected chi connectivity index (χ2v) is 5.82. The highest BCUT2D eigenvalue weighted by molar-refractivity contribution is 7.99. The summed E-state index contributed by atoms with van der Waals surface area (Å²) < 4.78 is 0. The predicted octanol–water partition coefficient (Wildman–Crippen LogP) is 1.46. The highest BCUT2D eigenvalue weighted by Gasteiger charge is 2.26. The third-order valence-corrected chi connectivity index (χ3v) is 4.89. The Morgan fingerprint density at radius 3 is 2.93 bits per heavy atom. The van der Waals surface area contributed by atoms with Crippen LogP contribution >= 0.6 is 11.8 Å². The molecule has 3 unspecified atom stereocenters. The first-order valence-corrected chi connectivity index (χ1v) is 7.07. The molecule has 1 aliphatic carbocycles. The summed E-state index contributed by atoms with van der Waals surface area (Å²) in [5, 5.41) is 3.73. The summed E-state index contributed by atoms with van der Waals surface area (Å²) in [5.74, 6) is 4.42. The molecule has 2 nitrogen and oxygen atoms in total. The monoisotopic (exact) mass is 214 g/mol. The molecular weight excluding hydrogens is 192 g/mol. The Hall–Kier alpha value is 0.270. The molecule has 1 aliphatic heterocycles. The summed E-state index contributed by atoms with van der Waals surface area (Å²) in [6, 6.07) is 0.727. The molecule has 82 valence electrons.